The Bertz CT molecular complexity index is 546. The van der Waals surface area contributed by atoms with Crippen molar-refractivity contribution in [3.05, 3.63) is 29.8 Å². The van der Waals surface area contributed by atoms with Gasteiger partial charge in [-0.15, -0.1) is 0 Å². The number of hydrogen-bond acceptors (Lipinski definition) is 4. The van der Waals surface area contributed by atoms with Gasteiger partial charge in [-0.3, -0.25) is 9.89 Å². The minimum atomic E-state index is 0.530. The number of aryl methyl sites for hydroxylation is 1. The van der Waals surface area contributed by atoms with Gasteiger partial charge in [-0.05, 0) is 51.1 Å². The van der Waals surface area contributed by atoms with Crippen LogP contribution in [0.25, 0.3) is 0 Å². The fourth-order valence-electron chi connectivity index (χ4n) is 3.21. The Morgan fingerprint density at radius 3 is 2.62 bits per heavy atom. The van der Waals surface area contributed by atoms with Crippen LogP contribution in [-0.2, 0) is 6.42 Å². The van der Waals surface area contributed by atoms with Crippen LogP contribution < -0.4 is 15.4 Å². The van der Waals surface area contributed by atoms with Crippen molar-refractivity contribution in [1.82, 2.24) is 20.4 Å². The molecule has 6 nitrogen and oxygen atoms in total. The molecule has 26 heavy (non-hydrogen) atoms. The molecule has 0 aliphatic carbocycles. The van der Waals surface area contributed by atoms with Crippen LogP contribution in [0, 0.1) is 0 Å². The molecule has 0 bridgehead atoms. The molecule has 0 saturated carbocycles. The van der Waals surface area contributed by atoms with Crippen molar-refractivity contribution in [2.45, 2.75) is 25.3 Å². The molecule has 1 heterocycles. The highest BCUT2D eigenvalue weighted by molar-refractivity contribution is 5.79. The van der Waals surface area contributed by atoms with Crippen LogP contribution in [0.2, 0.25) is 0 Å². The summed E-state index contributed by atoms with van der Waals surface area (Å²) in [4.78, 5) is 9.16. The maximum absolute atomic E-state index is 5.19. The first-order valence-electron chi connectivity index (χ1n) is 9.58. The standard InChI is InChI=1S/C20H35N5O/c1-21-20(23-15-18-16-24(2)13-14-25(18)3)22-12-6-5-7-17-8-10-19(26-4)11-9-17/h8-11,18H,5-7,12-16H2,1-4H3,(H2,21,22,23). The molecule has 1 aliphatic heterocycles. The van der Waals surface area contributed by atoms with E-state index in [0.717, 1.165) is 63.7 Å². The molecule has 2 N–H and O–H groups in total. The summed E-state index contributed by atoms with van der Waals surface area (Å²) in [5.41, 5.74) is 1.36. The van der Waals surface area contributed by atoms with Crippen molar-refractivity contribution >= 4 is 5.96 Å². The van der Waals surface area contributed by atoms with Crippen LogP contribution >= 0.6 is 0 Å². The molecule has 6 heteroatoms. The van der Waals surface area contributed by atoms with Gasteiger partial charge < -0.3 is 20.3 Å². The van der Waals surface area contributed by atoms with Gasteiger partial charge in [-0.25, -0.2) is 0 Å². The second-order valence-corrected chi connectivity index (χ2v) is 7.08. The van der Waals surface area contributed by atoms with E-state index in [1.165, 1.54) is 5.56 Å². The lowest BCUT2D eigenvalue weighted by Gasteiger charge is -2.37. The fraction of sp³-hybridized carbons (Fsp3) is 0.650. The van der Waals surface area contributed by atoms with Crippen molar-refractivity contribution in [1.29, 1.82) is 0 Å². The SMILES string of the molecule is CN=C(NCCCCc1ccc(OC)cc1)NCC1CN(C)CCN1C. The average Bonchev–Trinajstić information content (AvgIpc) is 2.67. The zero-order valence-electron chi connectivity index (χ0n) is 16.8. The lowest BCUT2D eigenvalue weighted by Crippen LogP contribution is -2.55. The van der Waals surface area contributed by atoms with E-state index >= 15 is 0 Å². The summed E-state index contributed by atoms with van der Waals surface area (Å²) < 4.78 is 5.19. The lowest BCUT2D eigenvalue weighted by molar-refractivity contribution is 0.116. The molecular formula is C20H35N5O. The van der Waals surface area contributed by atoms with Gasteiger partial charge in [0.25, 0.3) is 0 Å². The number of hydrogen-bond donors (Lipinski definition) is 2. The number of nitrogens with one attached hydrogen (secondary N) is 2. The monoisotopic (exact) mass is 361 g/mol. The smallest absolute Gasteiger partial charge is 0.191 e. The summed E-state index contributed by atoms with van der Waals surface area (Å²) in [6.45, 7) is 5.24. The Morgan fingerprint density at radius 1 is 1.15 bits per heavy atom. The molecule has 0 radical (unpaired) electrons. The van der Waals surface area contributed by atoms with E-state index in [4.69, 9.17) is 4.74 Å². The molecule has 1 atom stereocenters. The molecule has 1 saturated heterocycles. The molecule has 1 fully saturated rings. The number of guanidine groups is 1. The number of aliphatic imine (C=N–C) groups is 1. The highest BCUT2D eigenvalue weighted by Gasteiger charge is 2.21. The quantitative estimate of drug-likeness (QED) is 0.417. The molecule has 0 spiro atoms. The third-order valence-electron chi connectivity index (χ3n) is 5.05. The molecule has 1 aromatic rings. The average molecular weight is 362 g/mol. The molecular weight excluding hydrogens is 326 g/mol. The van der Waals surface area contributed by atoms with Crippen molar-refractivity contribution in [2.75, 3.05) is 61.0 Å². The van der Waals surface area contributed by atoms with Gasteiger partial charge in [-0.2, -0.15) is 0 Å². The van der Waals surface area contributed by atoms with E-state index in [9.17, 15) is 0 Å². The molecule has 1 aliphatic rings. The molecule has 146 valence electrons. The van der Waals surface area contributed by atoms with E-state index in [-0.39, 0.29) is 0 Å². The Balaban J connectivity index is 1.61. The van der Waals surface area contributed by atoms with E-state index in [0.29, 0.717) is 6.04 Å². The number of nitrogens with zero attached hydrogens (tertiary/aromatic N) is 3. The van der Waals surface area contributed by atoms with Crippen molar-refractivity contribution in [3.63, 3.8) is 0 Å². The Morgan fingerprint density at radius 2 is 1.92 bits per heavy atom. The first-order chi connectivity index (χ1) is 12.6. The fourth-order valence-corrected chi connectivity index (χ4v) is 3.21. The van der Waals surface area contributed by atoms with E-state index in [1.807, 2.05) is 19.2 Å². The van der Waals surface area contributed by atoms with Gasteiger partial charge in [0.2, 0.25) is 0 Å². The van der Waals surface area contributed by atoms with Crippen LogP contribution in [0.3, 0.4) is 0 Å². The zero-order chi connectivity index (χ0) is 18.8. The minimum Gasteiger partial charge on any atom is -0.497 e. The van der Waals surface area contributed by atoms with Crippen molar-refractivity contribution in [2.24, 2.45) is 4.99 Å². The highest BCUT2D eigenvalue weighted by atomic mass is 16.5. The largest absolute Gasteiger partial charge is 0.497 e. The van der Waals surface area contributed by atoms with Crippen molar-refractivity contribution < 1.29 is 4.74 Å². The van der Waals surface area contributed by atoms with Crippen molar-refractivity contribution in [3.8, 4) is 5.75 Å². The van der Waals surface area contributed by atoms with E-state index in [1.54, 1.807) is 7.11 Å². The lowest BCUT2D eigenvalue weighted by atomic mass is 10.1. The topological polar surface area (TPSA) is 52.1 Å². The summed E-state index contributed by atoms with van der Waals surface area (Å²) in [5, 5.41) is 6.89. The molecule has 0 aromatic heterocycles. The van der Waals surface area contributed by atoms with Gasteiger partial charge in [-0.1, -0.05) is 12.1 Å². The van der Waals surface area contributed by atoms with Gasteiger partial charge in [0, 0.05) is 45.8 Å². The Labute approximate surface area is 158 Å². The number of ether oxygens (including phenoxy) is 1. The summed E-state index contributed by atoms with van der Waals surface area (Å²) in [5.74, 6) is 1.82. The molecule has 2 rings (SSSR count). The maximum Gasteiger partial charge on any atom is 0.191 e. The number of methoxy groups -OCH3 is 1. The van der Waals surface area contributed by atoms with Crippen LogP contribution in [0.4, 0.5) is 0 Å². The maximum atomic E-state index is 5.19. The van der Waals surface area contributed by atoms with Crippen LogP contribution in [0.1, 0.15) is 18.4 Å². The van der Waals surface area contributed by atoms with E-state index in [2.05, 4.69) is 51.7 Å². The zero-order valence-corrected chi connectivity index (χ0v) is 16.8. The summed E-state index contributed by atoms with van der Waals surface area (Å²) in [7, 11) is 7.93. The third kappa shape index (κ3) is 6.84. The number of benzene rings is 1. The van der Waals surface area contributed by atoms with Crippen LogP contribution in [0.15, 0.2) is 29.3 Å². The van der Waals surface area contributed by atoms with Gasteiger partial charge >= 0.3 is 0 Å². The first kappa shape index (κ1) is 20.5. The summed E-state index contributed by atoms with van der Waals surface area (Å²) in [6, 6.07) is 8.87. The second kappa shape index (κ2) is 11.0. The van der Waals surface area contributed by atoms with Gasteiger partial charge in [0.05, 0.1) is 7.11 Å². The van der Waals surface area contributed by atoms with Crippen LogP contribution in [0.5, 0.6) is 5.75 Å². The highest BCUT2D eigenvalue weighted by Crippen LogP contribution is 2.13. The summed E-state index contributed by atoms with van der Waals surface area (Å²) >= 11 is 0. The van der Waals surface area contributed by atoms with E-state index < -0.39 is 0 Å². The minimum absolute atomic E-state index is 0.530. The third-order valence-corrected chi connectivity index (χ3v) is 5.05. The number of rotatable bonds is 8. The van der Waals surface area contributed by atoms with Gasteiger partial charge in [0.1, 0.15) is 5.75 Å². The normalized spacial score (nSPS) is 19.4. The van der Waals surface area contributed by atoms with Crippen LogP contribution in [-0.4, -0.2) is 82.8 Å². The first-order valence-corrected chi connectivity index (χ1v) is 9.58. The molecule has 1 aromatic carbocycles. The number of unbranched alkanes of at least 4 members (excludes halogenated alkanes) is 1. The number of piperazine rings is 1. The number of likely N-dealkylation sites (N-methyl/N-ethyl adjacent to an activating group) is 2. The second-order valence-electron chi connectivity index (χ2n) is 7.08. The Kier molecular flexibility index (Phi) is 8.71. The summed E-state index contributed by atoms with van der Waals surface area (Å²) in [6.07, 6.45) is 3.38. The molecule has 0 amide bonds. The van der Waals surface area contributed by atoms with Gasteiger partial charge in [0.15, 0.2) is 5.96 Å². The Hall–Kier alpha value is -1.79. The predicted molar refractivity (Wildman–Crippen MR) is 109 cm³/mol. The predicted octanol–water partition coefficient (Wildman–Crippen LogP) is 1.43. The molecule has 1 unspecified atom stereocenters.